The van der Waals surface area contributed by atoms with Crippen LogP contribution in [0.1, 0.15) is 45.6 Å². The average molecular weight is 250 g/mol. The number of anilines is 1. The van der Waals surface area contributed by atoms with Crippen molar-refractivity contribution in [1.82, 2.24) is 14.9 Å². The molecular weight excluding hydrogens is 224 g/mol. The summed E-state index contributed by atoms with van der Waals surface area (Å²) in [6.07, 6.45) is 1.10. The number of hydrogen-bond donors (Lipinski definition) is 1. The first-order valence-electron chi connectivity index (χ1n) is 6.89. The number of aryl methyl sites for hydroxylation is 1. The van der Waals surface area contributed by atoms with Crippen molar-refractivity contribution in [2.24, 2.45) is 0 Å². The molecule has 0 aromatic carbocycles. The summed E-state index contributed by atoms with van der Waals surface area (Å²) in [5.41, 5.74) is 1.03. The van der Waals surface area contributed by atoms with Crippen LogP contribution in [-0.4, -0.2) is 34.0 Å². The molecule has 102 valence electrons. The second-order valence-corrected chi connectivity index (χ2v) is 4.89. The van der Waals surface area contributed by atoms with E-state index in [0.29, 0.717) is 6.04 Å². The van der Waals surface area contributed by atoms with Gasteiger partial charge in [-0.1, -0.05) is 13.8 Å². The fraction of sp³-hybridized carbons (Fsp3) is 0.714. The summed E-state index contributed by atoms with van der Waals surface area (Å²) in [5.74, 6) is 1.85. The molecule has 0 radical (unpaired) electrons. The summed E-state index contributed by atoms with van der Waals surface area (Å²) >= 11 is 0. The Morgan fingerprint density at radius 1 is 1.28 bits per heavy atom. The number of nitrogens with zero attached hydrogens (tertiary/aromatic N) is 3. The minimum Gasteiger partial charge on any atom is -0.370 e. The molecule has 1 aromatic rings. The molecular formula is C14H26N4. The normalized spacial score (nSPS) is 11.3. The van der Waals surface area contributed by atoms with Gasteiger partial charge in [0, 0.05) is 24.3 Å². The molecule has 0 atom stereocenters. The predicted molar refractivity (Wildman–Crippen MR) is 76.8 cm³/mol. The van der Waals surface area contributed by atoms with Gasteiger partial charge in [-0.05, 0) is 33.7 Å². The Kier molecular flexibility index (Phi) is 6.05. The number of nitrogens with one attached hydrogen (secondary N) is 1. The summed E-state index contributed by atoms with van der Waals surface area (Å²) in [5, 5.41) is 3.33. The van der Waals surface area contributed by atoms with Crippen molar-refractivity contribution < 1.29 is 0 Å². The molecule has 18 heavy (non-hydrogen) atoms. The second kappa shape index (κ2) is 7.31. The Labute approximate surface area is 111 Å². The lowest BCUT2D eigenvalue weighted by Crippen LogP contribution is -2.31. The predicted octanol–water partition coefficient (Wildman–Crippen LogP) is 2.84. The Morgan fingerprint density at radius 2 is 2.00 bits per heavy atom. The molecule has 1 aromatic heterocycles. The first kappa shape index (κ1) is 14.9. The van der Waals surface area contributed by atoms with Gasteiger partial charge in [-0.15, -0.1) is 0 Å². The van der Waals surface area contributed by atoms with E-state index in [1.165, 1.54) is 0 Å². The van der Waals surface area contributed by atoms with E-state index < -0.39 is 0 Å². The number of aromatic nitrogens is 2. The van der Waals surface area contributed by atoms with Crippen LogP contribution >= 0.6 is 0 Å². The van der Waals surface area contributed by atoms with Crippen molar-refractivity contribution in [3.63, 3.8) is 0 Å². The fourth-order valence-electron chi connectivity index (χ4n) is 1.89. The van der Waals surface area contributed by atoms with Gasteiger partial charge in [-0.25, -0.2) is 9.97 Å². The third-order valence-corrected chi connectivity index (χ3v) is 2.94. The van der Waals surface area contributed by atoms with E-state index in [1.54, 1.807) is 0 Å². The topological polar surface area (TPSA) is 41.1 Å². The zero-order valence-electron chi connectivity index (χ0n) is 12.3. The van der Waals surface area contributed by atoms with Gasteiger partial charge in [0.2, 0.25) is 0 Å². The molecule has 0 spiro atoms. The van der Waals surface area contributed by atoms with Crippen LogP contribution in [0.25, 0.3) is 0 Å². The van der Waals surface area contributed by atoms with Crippen LogP contribution < -0.4 is 5.32 Å². The summed E-state index contributed by atoms with van der Waals surface area (Å²) < 4.78 is 0. The van der Waals surface area contributed by atoms with Crippen molar-refractivity contribution in [2.75, 3.05) is 18.4 Å². The lowest BCUT2D eigenvalue weighted by molar-refractivity contribution is 0.219. The first-order chi connectivity index (χ1) is 8.56. The zero-order valence-corrected chi connectivity index (χ0v) is 12.3. The zero-order chi connectivity index (χ0) is 13.5. The Bertz CT molecular complexity index is 363. The highest BCUT2D eigenvalue weighted by molar-refractivity contribution is 5.35. The second-order valence-electron chi connectivity index (χ2n) is 4.89. The highest BCUT2D eigenvalue weighted by Gasteiger charge is 2.10. The molecule has 4 nitrogen and oxygen atoms in total. The molecule has 0 aliphatic carbocycles. The highest BCUT2D eigenvalue weighted by atomic mass is 15.2. The van der Waals surface area contributed by atoms with Crippen LogP contribution in [0.2, 0.25) is 0 Å². The molecule has 0 amide bonds. The lowest BCUT2D eigenvalue weighted by Gasteiger charge is -2.24. The summed E-state index contributed by atoms with van der Waals surface area (Å²) in [4.78, 5) is 11.5. The first-order valence-corrected chi connectivity index (χ1v) is 6.89. The highest BCUT2D eigenvalue weighted by Crippen LogP contribution is 2.09. The summed E-state index contributed by atoms with van der Waals surface area (Å²) in [6.45, 7) is 13.5. The summed E-state index contributed by atoms with van der Waals surface area (Å²) in [6, 6.07) is 2.52. The van der Waals surface area contributed by atoms with Crippen LogP contribution in [0.4, 0.5) is 5.82 Å². The van der Waals surface area contributed by atoms with Crippen molar-refractivity contribution in [2.45, 2.75) is 53.6 Å². The van der Waals surface area contributed by atoms with Crippen molar-refractivity contribution >= 4 is 5.82 Å². The molecule has 0 aliphatic heterocycles. The molecule has 0 saturated heterocycles. The molecule has 0 aliphatic rings. The molecule has 0 unspecified atom stereocenters. The average Bonchev–Trinajstić information content (AvgIpc) is 2.32. The summed E-state index contributed by atoms with van der Waals surface area (Å²) in [7, 11) is 0. The molecule has 4 heteroatoms. The van der Waals surface area contributed by atoms with E-state index in [-0.39, 0.29) is 0 Å². The lowest BCUT2D eigenvalue weighted by atomic mass is 10.3. The quantitative estimate of drug-likeness (QED) is 0.808. The Morgan fingerprint density at radius 3 is 2.56 bits per heavy atom. The smallest absolute Gasteiger partial charge is 0.144 e. The van der Waals surface area contributed by atoms with Gasteiger partial charge in [0.25, 0.3) is 0 Å². The van der Waals surface area contributed by atoms with E-state index in [9.17, 15) is 0 Å². The standard InChI is InChI=1S/C14H26N4/c1-6-8-15-13-9-12(5)16-14(17-13)10-18(7-2)11(3)4/h9,11H,6-8,10H2,1-5H3,(H,15,16,17). The number of rotatable bonds is 7. The minimum absolute atomic E-state index is 0.520. The SMILES string of the molecule is CCCNc1cc(C)nc(CN(CC)C(C)C)n1. The van der Waals surface area contributed by atoms with Crippen LogP contribution in [0.15, 0.2) is 6.07 Å². The van der Waals surface area contributed by atoms with E-state index in [4.69, 9.17) is 0 Å². The van der Waals surface area contributed by atoms with Crippen LogP contribution in [0, 0.1) is 6.92 Å². The fourth-order valence-corrected chi connectivity index (χ4v) is 1.89. The minimum atomic E-state index is 0.520. The van der Waals surface area contributed by atoms with Crippen molar-refractivity contribution in [1.29, 1.82) is 0 Å². The van der Waals surface area contributed by atoms with Gasteiger partial charge in [-0.3, -0.25) is 4.90 Å². The Hall–Kier alpha value is -1.16. The van der Waals surface area contributed by atoms with E-state index in [2.05, 4.69) is 47.9 Å². The van der Waals surface area contributed by atoms with Gasteiger partial charge in [0.15, 0.2) is 0 Å². The van der Waals surface area contributed by atoms with Crippen molar-refractivity contribution in [3.8, 4) is 0 Å². The maximum Gasteiger partial charge on any atom is 0.144 e. The van der Waals surface area contributed by atoms with Crippen LogP contribution in [0.5, 0.6) is 0 Å². The Balaban J connectivity index is 2.78. The van der Waals surface area contributed by atoms with E-state index in [0.717, 1.165) is 43.4 Å². The van der Waals surface area contributed by atoms with Gasteiger partial charge in [-0.2, -0.15) is 0 Å². The number of hydrogen-bond acceptors (Lipinski definition) is 4. The molecule has 1 N–H and O–H groups in total. The molecule has 1 rings (SSSR count). The monoisotopic (exact) mass is 250 g/mol. The third-order valence-electron chi connectivity index (χ3n) is 2.94. The molecule has 0 fully saturated rings. The molecule has 1 heterocycles. The van der Waals surface area contributed by atoms with Crippen molar-refractivity contribution in [3.05, 3.63) is 17.6 Å². The molecule has 0 bridgehead atoms. The van der Waals surface area contributed by atoms with Gasteiger partial charge < -0.3 is 5.32 Å². The maximum absolute atomic E-state index is 4.58. The van der Waals surface area contributed by atoms with Crippen LogP contribution in [-0.2, 0) is 6.54 Å². The van der Waals surface area contributed by atoms with E-state index in [1.807, 2.05) is 13.0 Å². The largest absolute Gasteiger partial charge is 0.370 e. The van der Waals surface area contributed by atoms with Gasteiger partial charge in [0.05, 0.1) is 6.54 Å². The third kappa shape index (κ3) is 4.61. The molecule has 0 saturated carbocycles. The van der Waals surface area contributed by atoms with Crippen LogP contribution in [0.3, 0.4) is 0 Å². The van der Waals surface area contributed by atoms with E-state index >= 15 is 0 Å². The van der Waals surface area contributed by atoms with Gasteiger partial charge in [0.1, 0.15) is 11.6 Å². The van der Waals surface area contributed by atoms with Gasteiger partial charge >= 0.3 is 0 Å². The maximum atomic E-state index is 4.58.